The van der Waals surface area contributed by atoms with Crippen LogP contribution in [-0.4, -0.2) is 47.4 Å². The highest BCUT2D eigenvalue weighted by molar-refractivity contribution is 5.76. The summed E-state index contributed by atoms with van der Waals surface area (Å²) in [5.41, 5.74) is 0. The maximum Gasteiger partial charge on any atom is 0.305 e. The largest absolute Gasteiger partial charge is 0.466 e. The standard InChI is InChI=1S/C74H141NO5/c1-3-5-7-9-11-13-15-17-19-21-23-24-25-26-27-28-31-34-38-42-46-50-54-58-62-66-72(77)71(70-76)75-73(78)67-63-59-55-51-47-43-39-35-32-29-33-37-41-45-49-53-57-61-65-69-80-74(79)68-64-60-56-52-48-44-40-36-30-22-20-18-16-14-12-10-8-6-4-2/h18,20,37,41,45,49,71-72,76-77H,3-17,19,21-36,38-40,42-44,46-48,50-70H2,1-2H3,(H,75,78)/b20-18-,41-37-,49-45-. The highest BCUT2D eigenvalue weighted by atomic mass is 16.5. The van der Waals surface area contributed by atoms with Crippen molar-refractivity contribution in [1.29, 1.82) is 0 Å². The molecule has 0 aliphatic rings. The van der Waals surface area contributed by atoms with Crippen molar-refractivity contribution in [2.45, 2.75) is 411 Å². The van der Waals surface area contributed by atoms with E-state index in [1.807, 2.05) is 0 Å². The van der Waals surface area contributed by atoms with Crippen molar-refractivity contribution in [2.75, 3.05) is 13.2 Å². The Morgan fingerprint density at radius 1 is 0.350 bits per heavy atom. The monoisotopic (exact) mass is 1120 g/mol. The lowest BCUT2D eigenvalue weighted by molar-refractivity contribution is -0.143. The number of aliphatic hydroxyl groups excluding tert-OH is 2. The molecule has 6 nitrogen and oxygen atoms in total. The number of hydrogen-bond donors (Lipinski definition) is 3. The third-order valence-corrected chi connectivity index (χ3v) is 16.9. The summed E-state index contributed by atoms with van der Waals surface area (Å²) in [5, 5.41) is 23.4. The number of rotatable bonds is 68. The van der Waals surface area contributed by atoms with Crippen molar-refractivity contribution in [3.05, 3.63) is 36.5 Å². The van der Waals surface area contributed by atoms with E-state index in [9.17, 15) is 19.8 Å². The highest BCUT2D eigenvalue weighted by Gasteiger charge is 2.20. The van der Waals surface area contributed by atoms with E-state index < -0.39 is 12.1 Å². The number of unbranched alkanes of at least 4 members (excludes halogenated alkanes) is 52. The van der Waals surface area contributed by atoms with Crippen LogP contribution in [0.1, 0.15) is 399 Å². The Morgan fingerprint density at radius 2 is 0.625 bits per heavy atom. The molecule has 2 atom stereocenters. The van der Waals surface area contributed by atoms with E-state index in [4.69, 9.17) is 4.74 Å². The minimum absolute atomic E-state index is 0.0128. The first-order valence-corrected chi connectivity index (χ1v) is 36.3. The molecule has 80 heavy (non-hydrogen) atoms. The first-order valence-electron chi connectivity index (χ1n) is 36.3. The van der Waals surface area contributed by atoms with Crippen LogP contribution in [-0.2, 0) is 14.3 Å². The molecule has 0 bridgehead atoms. The second kappa shape index (κ2) is 69.6. The molecule has 472 valence electrons. The van der Waals surface area contributed by atoms with Gasteiger partial charge in [-0.15, -0.1) is 0 Å². The fraction of sp³-hybridized carbons (Fsp3) is 0.892. The number of nitrogens with one attached hydrogen (secondary N) is 1. The molecule has 0 aromatic heterocycles. The quantitative estimate of drug-likeness (QED) is 0.0244. The van der Waals surface area contributed by atoms with Crippen LogP contribution in [0.3, 0.4) is 0 Å². The molecule has 0 saturated carbocycles. The van der Waals surface area contributed by atoms with E-state index in [2.05, 4.69) is 55.6 Å². The van der Waals surface area contributed by atoms with Gasteiger partial charge >= 0.3 is 5.97 Å². The topological polar surface area (TPSA) is 95.9 Å². The van der Waals surface area contributed by atoms with Crippen molar-refractivity contribution >= 4 is 11.9 Å². The fourth-order valence-corrected chi connectivity index (χ4v) is 11.4. The van der Waals surface area contributed by atoms with Gasteiger partial charge in [-0.1, -0.05) is 339 Å². The van der Waals surface area contributed by atoms with Gasteiger partial charge in [-0.25, -0.2) is 0 Å². The lowest BCUT2D eigenvalue weighted by Gasteiger charge is -2.22. The van der Waals surface area contributed by atoms with Gasteiger partial charge in [0.1, 0.15) is 0 Å². The van der Waals surface area contributed by atoms with Crippen LogP contribution in [0.5, 0.6) is 0 Å². The smallest absolute Gasteiger partial charge is 0.305 e. The Hall–Kier alpha value is -1.92. The van der Waals surface area contributed by atoms with E-state index in [1.165, 1.54) is 295 Å². The molecule has 6 heteroatoms. The second-order valence-corrected chi connectivity index (χ2v) is 24.9. The predicted octanol–water partition coefficient (Wildman–Crippen LogP) is 23.5. The van der Waals surface area contributed by atoms with Crippen LogP contribution in [0.4, 0.5) is 0 Å². The Balaban J connectivity index is 3.45. The number of hydrogen-bond acceptors (Lipinski definition) is 5. The number of ether oxygens (including phenoxy) is 1. The maximum atomic E-state index is 12.6. The van der Waals surface area contributed by atoms with Crippen LogP contribution >= 0.6 is 0 Å². The van der Waals surface area contributed by atoms with E-state index in [1.54, 1.807) is 0 Å². The van der Waals surface area contributed by atoms with Gasteiger partial charge in [-0.2, -0.15) is 0 Å². The van der Waals surface area contributed by atoms with Gasteiger partial charge in [-0.05, 0) is 83.5 Å². The molecule has 0 heterocycles. The van der Waals surface area contributed by atoms with E-state index in [0.29, 0.717) is 25.9 Å². The number of amides is 1. The van der Waals surface area contributed by atoms with Gasteiger partial charge in [0, 0.05) is 12.8 Å². The average molecular weight is 1120 g/mol. The SMILES string of the molecule is CCCCCCCC/C=C\CCCCCCCCCCCC(=O)OCCCCC/C=C\C=C/CCCCCCCCCCCCC(=O)NC(CO)C(O)CCCCCCCCCCCCCCCCCCCCCCCCCCC. The predicted molar refractivity (Wildman–Crippen MR) is 352 cm³/mol. The summed E-state index contributed by atoms with van der Waals surface area (Å²) >= 11 is 0. The summed E-state index contributed by atoms with van der Waals surface area (Å²) in [6.45, 7) is 4.94. The number of allylic oxidation sites excluding steroid dienone is 6. The summed E-state index contributed by atoms with van der Waals surface area (Å²) in [6.07, 6.45) is 89.1. The van der Waals surface area contributed by atoms with Gasteiger partial charge in [0.15, 0.2) is 0 Å². The summed E-state index contributed by atoms with van der Waals surface area (Å²) in [6, 6.07) is -0.552. The van der Waals surface area contributed by atoms with Gasteiger partial charge < -0.3 is 20.3 Å². The molecular weight excluding hydrogens is 983 g/mol. The van der Waals surface area contributed by atoms with Crippen LogP contribution in [0.15, 0.2) is 36.5 Å². The molecule has 0 aliphatic heterocycles. The summed E-state index contributed by atoms with van der Waals surface area (Å²) < 4.78 is 5.48. The zero-order chi connectivity index (χ0) is 57.8. The van der Waals surface area contributed by atoms with Crippen molar-refractivity contribution in [1.82, 2.24) is 5.32 Å². The van der Waals surface area contributed by atoms with Gasteiger partial charge in [0.25, 0.3) is 0 Å². The van der Waals surface area contributed by atoms with Crippen LogP contribution in [0.25, 0.3) is 0 Å². The van der Waals surface area contributed by atoms with E-state index in [0.717, 1.165) is 70.6 Å². The van der Waals surface area contributed by atoms with Crippen LogP contribution < -0.4 is 5.32 Å². The van der Waals surface area contributed by atoms with Gasteiger partial charge in [0.05, 0.1) is 25.4 Å². The number of carbonyl (C=O) groups excluding carboxylic acids is 2. The summed E-state index contributed by atoms with van der Waals surface area (Å²) in [7, 11) is 0. The summed E-state index contributed by atoms with van der Waals surface area (Å²) in [4.78, 5) is 24.7. The molecule has 0 spiro atoms. The second-order valence-electron chi connectivity index (χ2n) is 24.9. The van der Waals surface area contributed by atoms with Crippen molar-refractivity contribution in [2.24, 2.45) is 0 Å². The molecule has 0 aromatic carbocycles. The molecule has 0 radical (unpaired) electrons. The molecule has 2 unspecified atom stereocenters. The Kier molecular flexibility index (Phi) is 67.9. The first-order chi connectivity index (χ1) is 39.5. The zero-order valence-electron chi connectivity index (χ0n) is 54.1. The lowest BCUT2D eigenvalue weighted by atomic mass is 10.0. The third kappa shape index (κ3) is 65.2. The van der Waals surface area contributed by atoms with E-state index in [-0.39, 0.29) is 18.5 Å². The molecule has 1 amide bonds. The average Bonchev–Trinajstić information content (AvgIpc) is 3.46. The Bertz CT molecular complexity index is 1300. The molecule has 0 aromatic rings. The van der Waals surface area contributed by atoms with Crippen molar-refractivity contribution in [3.63, 3.8) is 0 Å². The zero-order valence-corrected chi connectivity index (χ0v) is 54.1. The van der Waals surface area contributed by atoms with Crippen LogP contribution in [0, 0.1) is 0 Å². The lowest BCUT2D eigenvalue weighted by Crippen LogP contribution is -2.45. The molecule has 3 N–H and O–H groups in total. The highest BCUT2D eigenvalue weighted by Crippen LogP contribution is 2.19. The molecular formula is C74H141NO5. The number of esters is 1. The van der Waals surface area contributed by atoms with Crippen molar-refractivity contribution in [3.8, 4) is 0 Å². The maximum absolute atomic E-state index is 12.6. The fourth-order valence-electron chi connectivity index (χ4n) is 11.4. The van der Waals surface area contributed by atoms with E-state index >= 15 is 0 Å². The van der Waals surface area contributed by atoms with Gasteiger partial charge in [0.2, 0.25) is 5.91 Å². The van der Waals surface area contributed by atoms with Gasteiger partial charge in [-0.3, -0.25) is 9.59 Å². The molecule has 0 aliphatic carbocycles. The number of aliphatic hydroxyl groups is 2. The number of carbonyl (C=O) groups is 2. The van der Waals surface area contributed by atoms with Crippen molar-refractivity contribution < 1.29 is 24.5 Å². The third-order valence-electron chi connectivity index (χ3n) is 16.9. The Morgan fingerprint density at radius 3 is 0.963 bits per heavy atom. The molecule has 0 rings (SSSR count). The minimum Gasteiger partial charge on any atom is -0.466 e. The minimum atomic E-state index is -0.674. The van der Waals surface area contributed by atoms with Crippen LogP contribution in [0.2, 0.25) is 0 Å². The Labute approximate surface area is 500 Å². The molecule has 0 fully saturated rings. The summed E-state index contributed by atoms with van der Waals surface area (Å²) in [5.74, 6) is -0.0533. The first kappa shape index (κ1) is 78.1. The molecule has 0 saturated heterocycles. The normalized spacial score (nSPS) is 12.7.